The van der Waals surface area contributed by atoms with E-state index in [0.717, 1.165) is 6.42 Å². The molecule has 0 fully saturated rings. The minimum atomic E-state index is -0.207. The Labute approximate surface area is 126 Å². The van der Waals surface area contributed by atoms with Crippen LogP contribution < -0.4 is 10.1 Å². The largest absolute Gasteiger partial charge is 0.497 e. The number of nitrogens with zero attached hydrogens (tertiary/aromatic N) is 1. The highest BCUT2D eigenvalue weighted by Crippen LogP contribution is 2.16. The van der Waals surface area contributed by atoms with Crippen molar-refractivity contribution in [2.75, 3.05) is 25.5 Å². The Morgan fingerprint density at radius 2 is 2.05 bits per heavy atom. The zero-order valence-corrected chi connectivity index (χ0v) is 13.2. The summed E-state index contributed by atoms with van der Waals surface area (Å²) in [6.07, 6.45) is 0.771. The summed E-state index contributed by atoms with van der Waals surface area (Å²) in [6.45, 7) is 6.31. The zero-order chi connectivity index (χ0) is 15.8. The van der Waals surface area contributed by atoms with Gasteiger partial charge in [0.15, 0.2) is 0 Å². The molecule has 0 bridgehead atoms. The van der Waals surface area contributed by atoms with E-state index in [9.17, 15) is 9.59 Å². The van der Waals surface area contributed by atoms with E-state index in [0.29, 0.717) is 18.0 Å². The Morgan fingerprint density at radius 3 is 2.62 bits per heavy atom. The fraction of sp³-hybridized carbons (Fsp3) is 0.500. The van der Waals surface area contributed by atoms with Gasteiger partial charge in [-0.1, -0.05) is 19.9 Å². The molecule has 0 saturated heterocycles. The van der Waals surface area contributed by atoms with Crippen LogP contribution in [0.25, 0.3) is 0 Å². The van der Waals surface area contributed by atoms with Crippen LogP contribution in [0.3, 0.4) is 0 Å². The molecule has 0 aliphatic carbocycles. The fourth-order valence-corrected chi connectivity index (χ4v) is 1.91. The summed E-state index contributed by atoms with van der Waals surface area (Å²) in [7, 11) is 1.57. The van der Waals surface area contributed by atoms with E-state index in [2.05, 4.69) is 5.32 Å². The number of hydrogen-bond acceptors (Lipinski definition) is 3. The third-order valence-corrected chi connectivity index (χ3v) is 3.42. The molecule has 1 unspecified atom stereocenters. The molecule has 21 heavy (non-hydrogen) atoms. The zero-order valence-electron chi connectivity index (χ0n) is 13.2. The molecule has 0 aromatic heterocycles. The second-order valence-corrected chi connectivity index (χ2v) is 4.94. The lowest BCUT2D eigenvalue weighted by atomic mass is 10.1. The third kappa shape index (κ3) is 5.10. The predicted octanol–water partition coefficient (Wildman–Crippen LogP) is 2.53. The smallest absolute Gasteiger partial charge is 0.243 e. The van der Waals surface area contributed by atoms with Gasteiger partial charge in [0.2, 0.25) is 11.8 Å². The summed E-state index contributed by atoms with van der Waals surface area (Å²) < 4.78 is 5.11. The molecular weight excluding hydrogens is 268 g/mol. The van der Waals surface area contributed by atoms with E-state index < -0.39 is 0 Å². The number of amides is 2. The Morgan fingerprint density at radius 1 is 1.33 bits per heavy atom. The van der Waals surface area contributed by atoms with Crippen LogP contribution in [0.15, 0.2) is 24.3 Å². The van der Waals surface area contributed by atoms with Crippen molar-refractivity contribution in [3.63, 3.8) is 0 Å². The molecule has 0 heterocycles. The van der Waals surface area contributed by atoms with Gasteiger partial charge in [-0.3, -0.25) is 9.59 Å². The second-order valence-electron chi connectivity index (χ2n) is 4.94. The first kappa shape index (κ1) is 17.0. The molecular formula is C16H24N2O3. The van der Waals surface area contributed by atoms with E-state index in [1.807, 2.05) is 20.8 Å². The molecule has 116 valence electrons. The molecule has 1 aromatic carbocycles. The SMILES string of the molecule is CCC(C)C(=O)N(CC)CC(=O)Nc1cccc(OC)c1. The van der Waals surface area contributed by atoms with Crippen molar-refractivity contribution in [3.05, 3.63) is 24.3 Å². The standard InChI is InChI=1S/C16H24N2O3/c1-5-12(3)16(20)18(6-2)11-15(19)17-13-8-7-9-14(10-13)21-4/h7-10,12H,5-6,11H2,1-4H3,(H,17,19). The van der Waals surface area contributed by atoms with Gasteiger partial charge in [-0.15, -0.1) is 0 Å². The lowest BCUT2D eigenvalue weighted by Gasteiger charge is -2.23. The lowest BCUT2D eigenvalue weighted by Crippen LogP contribution is -2.40. The van der Waals surface area contributed by atoms with E-state index in [-0.39, 0.29) is 24.3 Å². The molecule has 1 atom stereocenters. The number of hydrogen-bond donors (Lipinski definition) is 1. The van der Waals surface area contributed by atoms with Crippen LogP contribution in [0.5, 0.6) is 5.75 Å². The van der Waals surface area contributed by atoms with Crippen LogP contribution in [-0.4, -0.2) is 36.9 Å². The first-order valence-corrected chi connectivity index (χ1v) is 7.24. The number of anilines is 1. The summed E-state index contributed by atoms with van der Waals surface area (Å²) in [4.78, 5) is 25.7. The number of rotatable bonds is 7. The molecule has 0 saturated carbocycles. The normalized spacial score (nSPS) is 11.6. The maximum Gasteiger partial charge on any atom is 0.243 e. The Bertz CT molecular complexity index is 488. The summed E-state index contributed by atoms with van der Waals surface area (Å²) >= 11 is 0. The topological polar surface area (TPSA) is 58.6 Å². The van der Waals surface area contributed by atoms with Crippen molar-refractivity contribution in [3.8, 4) is 5.75 Å². The van der Waals surface area contributed by atoms with Crippen LogP contribution >= 0.6 is 0 Å². The lowest BCUT2D eigenvalue weighted by molar-refractivity contribution is -0.137. The second kappa shape index (κ2) is 8.29. The minimum Gasteiger partial charge on any atom is -0.497 e. The highest BCUT2D eigenvalue weighted by molar-refractivity contribution is 5.94. The van der Waals surface area contributed by atoms with E-state index >= 15 is 0 Å². The molecule has 0 aliphatic heterocycles. The first-order chi connectivity index (χ1) is 10.0. The van der Waals surface area contributed by atoms with E-state index in [1.54, 1.807) is 36.3 Å². The van der Waals surface area contributed by atoms with Gasteiger partial charge >= 0.3 is 0 Å². The van der Waals surface area contributed by atoms with Gasteiger partial charge in [0.1, 0.15) is 5.75 Å². The van der Waals surface area contributed by atoms with Crippen LogP contribution in [0, 0.1) is 5.92 Å². The van der Waals surface area contributed by atoms with Gasteiger partial charge in [-0.25, -0.2) is 0 Å². The van der Waals surface area contributed by atoms with Gasteiger partial charge < -0.3 is 15.0 Å². The quantitative estimate of drug-likeness (QED) is 0.840. The molecule has 0 aliphatic rings. The van der Waals surface area contributed by atoms with E-state index in [4.69, 9.17) is 4.74 Å². The van der Waals surface area contributed by atoms with E-state index in [1.165, 1.54) is 0 Å². The summed E-state index contributed by atoms with van der Waals surface area (Å²) in [5.41, 5.74) is 0.659. The fourth-order valence-electron chi connectivity index (χ4n) is 1.91. The van der Waals surface area contributed by atoms with Crippen molar-refractivity contribution in [2.45, 2.75) is 27.2 Å². The maximum absolute atomic E-state index is 12.1. The minimum absolute atomic E-state index is 0.0146. The maximum atomic E-state index is 12.1. The molecule has 1 aromatic rings. The summed E-state index contributed by atoms with van der Waals surface area (Å²) in [6, 6.07) is 7.13. The Balaban J connectivity index is 2.64. The highest BCUT2D eigenvalue weighted by atomic mass is 16.5. The van der Waals surface area contributed by atoms with Crippen molar-refractivity contribution < 1.29 is 14.3 Å². The van der Waals surface area contributed by atoms with Gasteiger partial charge in [-0.2, -0.15) is 0 Å². The van der Waals surface area contributed by atoms with Gasteiger partial charge in [-0.05, 0) is 25.5 Å². The van der Waals surface area contributed by atoms with Crippen molar-refractivity contribution in [1.29, 1.82) is 0 Å². The Hall–Kier alpha value is -2.04. The first-order valence-electron chi connectivity index (χ1n) is 7.24. The number of methoxy groups -OCH3 is 1. The molecule has 0 spiro atoms. The van der Waals surface area contributed by atoms with Gasteiger partial charge in [0.25, 0.3) is 0 Å². The molecule has 2 amide bonds. The number of ether oxygens (including phenoxy) is 1. The van der Waals surface area contributed by atoms with Gasteiger partial charge in [0.05, 0.1) is 13.7 Å². The monoisotopic (exact) mass is 292 g/mol. The molecule has 1 N–H and O–H groups in total. The number of nitrogens with one attached hydrogen (secondary N) is 1. The van der Waals surface area contributed by atoms with Crippen molar-refractivity contribution in [1.82, 2.24) is 4.90 Å². The number of likely N-dealkylation sites (N-methyl/N-ethyl adjacent to an activating group) is 1. The van der Waals surface area contributed by atoms with Gasteiger partial charge in [0, 0.05) is 24.2 Å². The summed E-state index contributed by atoms with van der Waals surface area (Å²) in [5, 5.41) is 2.78. The highest BCUT2D eigenvalue weighted by Gasteiger charge is 2.20. The predicted molar refractivity (Wildman–Crippen MR) is 83.3 cm³/mol. The molecule has 0 radical (unpaired) electrons. The average molecular weight is 292 g/mol. The molecule has 1 rings (SSSR count). The Kier molecular flexibility index (Phi) is 6.72. The number of carbonyl (C=O) groups is 2. The molecule has 5 heteroatoms. The number of benzene rings is 1. The average Bonchev–Trinajstić information content (AvgIpc) is 2.51. The van der Waals surface area contributed by atoms with Crippen LogP contribution in [0.2, 0.25) is 0 Å². The van der Waals surface area contributed by atoms with Crippen molar-refractivity contribution >= 4 is 17.5 Å². The molecule has 5 nitrogen and oxygen atoms in total. The van der Waals surface area contributed by atoms with Crippen LogP contribution in [0.1, 0.15) is 27.2 Å². The summed E-state index contributed by atoms with van der Waals surface area (Å²) in [5.74, 6) is 0.424. The van der Waals surface area contributed by atoms with Crippen LogP contribution in [-0.2, 0) is 9.59 Å². The van der Waals surface area contributed by atoms with Crippen molar-refractivity contribution in [2.24, 2.45) is 5.92 Å². The third-order valence-electron chi connectivity index (χ3n) is 3.42. The number of carbonyl (C=O) groups excluding carboxylic acids is 2. The van der Waals surface area contributed by atoms with Crippen LogP contribution in [0.4, 0.5) is 5.69 Å².